The number of aromatic nitrogens is 1. The number of β-amino-alcohol motifs (C(OH)–C–C–N with tert-alkyl or cyclic N) is 1. The second-order valence-corrected chi connectivity index (χ2v) is 7.10. The SMILES string of the molecule is OC(COc1cccc(-c2ccncc2F)c1)CN1CCc2ccccc2C1. The number of aliphatic hydroxyl groups is 1. The molecule has 0 spiro atoms. The van der Waals surface area contributed by atoms with Crippen LogP contribution in [-0.4, -0.2) is 40.8 Å². The predicted molar refractivity (Wildman–Crippen MR) is 107 cm³/mol. The largest absolute Gasteiger partial charge is 0.491 e. The summed E-state index contributed by atoms with van der Waals surface area (Å²) in [6.07, 6.45) is 3.17. The van der Waals surface area contributed by atoms with E-state index in [1.165, 1.54) is 17.3 Å². The highest BCUT2D eigenvalue weighted by molar-refractivity contribution is 5.65. The van der Waals surface area contributed by atoms with Gasteiger partial charge in [0.05, 0.1) is 6.20 Å². The van der Waals surface area contributed by atoms with Crippen molar-refractivity contribution in [2.24, 2.45) is 0 Å². The van der Waals surface area contributed by atoms with E-state index in [-0.39, 0.29) is 12.4 Å². The van der Waals surface area contributed by atoms with E-state index in [9.17, 15) is 9.50 Å². The molecule has 4 nitrogen and oxygen atoms in total. The van der Waals surface area contributed by atoms with Crippen LogP contribution in [0.4, 0.5) is 4.39 Å². The summed E-state index contributed by atoms with van der Waals surface area (Å²) in [6, 6.07) is 17.3. The van der Waals surface area contributed by atoms with Crippen LogP contribution in [0.2, 0.25) is 0 Å². The van der Waals surface area contributed by atoms with Crippen LogP contribution in [0.1, 0.15) is 11.1 Å². The maximum atomic E-state index is 13.9. The van der Waals surface area contributed by atoms with E-state index in [0.29, 0.717) is 17.9 Å². The van der Waals surface area contributed by atoms with Crippen LogP contribution in [-0.2, 0) is 13.0 Å². The molecule has 3 aromatic rings. The van der Waals surface area contributed by atoms with Gasteiger partial charge in [-0.1, -0.05) is 36.4 Å². The predicted octanol–water partition coefficient (Wildman–Crippen LogP) is 3.69. The number of rotatable bonds is 6. The molecule has 1 atom stereocenters. The molecule has 0 fully saturated rings. The van der Waals surface area contributed by atoms with Crippen molar-refractivity contribution in [2.75, 3.05) is 19.7 Å². The molecular formula is C23H23FN2O2. The van der Waals surface area contributed by atoms with Gasteiger partial charge in [-0.15, -0.1) is 0 Å². The van der Waals surface area contributed by atoms with E-state index in [4.69, 9.17) is 4.74 Å². The van der Waals surface area contributed by atoms with Crippen LogP contribution < -0.4 is 4.74 Å². The zero-order chi connectivity index (χ0) is 19.3. The minimum Gasteiger partial charge on any atom is -0.491 e. The third-order valence-electron chi connectivity index (χ3n) is 5.04. The monoisotopic (exact) mass is 378 g/mol. The van der Waals surface area contributed by atoms with Gasteiger partial charge in [-0.05, 0) is 41.3 Å². The van der Waals surface area contributed by atoms with Gasteiger partial charge in [0.15, 0.2) is 0 Å². The first-order valence-corrected chi connectivity index (χ1v) is 9.49. The summed E-state index contributed by atoms with van der Waals surface area (Å²) in [5.41, 5.74) is 3.92. The molecule has 0 bridgehead atoms. The maximum absolute atomic E-state index is 13.9. The number of aliphatic hydroxyl groups excluding tert-OH is 1. The number of ether oxygens (including phenoxy) is 1. The highest BCUT2D eigenvalue weighted by atomic mass is 19.1. The third-order valence-corrected chi connectivity index (χ3v) is 5.04. The standard InChI is InChI=1S/C23H23FN2O2/c24-23-13-25-10-8-22(23)18-6-3-7-21(12-18)28-16-20(27)15-26-11-9-17-4-1-2-5-19(17)14-26/h1-8,10,12-13,20,27H,9,11,14-16H2. The van der Waals surface area contributed by atoms with Gasteiger partial charge < -0.3 is 9.84 Å². The Morgan fingerprint density at radius 1 is 1.11 bits per heavy atom. The van der Waals surface area contributed by atoms with Gasteiger partial charge in [0.25, 0.3) is 0 Å². The van der Waals surface area contributed by atoms with Crippen molar-refractivity contribution >= 4 is 0 Å². The fourth-order valence-corrected chi connectivity index (χ4v) is 3.62. The lowest BCUT2D eigenvalue weighted by Gasteiger charge is -2.30. The van der Waals surface area contributed by atoms with E-state index >= 15 is 0 Å². The van der Waals surface area contributed by atoms with Gasteiger partial charge in [-0.2, -0.15) is 0 Å². The molecule has 1 N–H and O–H groups in total. The molecule has 0 radical (unpaired) electrons. The topological polar surface area (TPSA) is 45.6 Å². The number of benzene rings is 2. The summed E-state index contributed by atoms with van der Waals surface area (Å²) in [7, 11) is 0. The van der Waals surface area contributed by atoms with Crippen molar-refractivity contribution in [2.45, 2.75) is 19.1 Å². The summed E-state index contributed by atoms with van der Waals surface area (Å²) >= 11 is 0. The zero-order valence-corrected chi connectivity index (χ0v) is 15.6. The summed E-state index contributed by atoms with van der Waals surface area (Å²) < 4.78 is 19.7. The van der Waals surface area contributed by atoms with Crippen LogP contribution in [0.25, 0.3) is 11.1 Å². The average molecular weight is 378 g/mol. The second kappa shape index (κ2) is 8.50. The van der Waals surface area contributed by atoms with E-state index in [1.54, 1.807) is 18.3 Å². The number of hydrogen-bond donors (Lipinski definition) is 1. The van der Waals surface area contributed by atoms with Gasteiger partial charge in [-0.3, -0.25) is 9.88 Å². The van der Waals surface area contributed by atoms with Gasteiger partial charge in [0.2, 0.25) is 0 Å². The molecule has 5 heteroatoms. The van der Waals surface area contributed by atoms with E-state index in [1.807, 2.05) is 18.2 Å². The van der Waals surface area contributed by atoms with E-state index < -0.39 is 6.10 Å². The third kappa shape index (κ3) is 4.38. The Labute approximate surface area is 164 Å². The number of nitrogens with zero attached hydrogens (tertiary/aromatic N) is 2. The highest BCUT2D eigenvalue weighted by Gasteiger charge is 2.18. The second-order valence-electron chi connectivity index (χ2n) is 7.10. The van der Waals surface area contributed by atoms with Crippen molar-refractivity contribution in [1.82, 2.24) is 9.88 Å². The van der Waals surface area contributed by atoms with Crippen LogP contribution in [0.3, 0.4) is 0 Å². The Morgan fingerprint density at radius 3 is 2.82 bits per heavy atom. The van der Waals surface area contributed by atoms with Crippen molar-refractivity contribution in [3.05, 3.63) is 83.9 Å². The number of halogens is 1. The van der Waals surface area contributed by atoms with E-state index in [2.05, 4.69) is 34.1 Å². The lowest BCUT2D eigenvalue weighted by atomic mass is 10.00. The fourth-order valence-electron chi connectivity index (χ4n) is 3.62. The first kappa shape index (κ1) is 18.6. The molecule has 2 heterocycles. The lowest BCUT2D eigenvalue weighted by molar-refractivity contribution is 0.0638. The molecule has 0 saturated carbocycles. The Bertz CT molecular complexity index is 947. The molecule has 1 aliphatic rings. The molecule has 0 aliphatic carbocycles. The smallest absolute Gasteiger partial charge is 0.149 e. The van der Waals surface area contributed by atoms with E-state index in [0.717, 1.165) is 25.1 Å². The van der Waals surface area contributed by atoms with Crippen LogP contribution in [0, 0.1) is 5.82 Å². The molecule has 1 unspecified atom stereocenters. The minimum absolute atomic E-state index is 0.195. The Hall–Kier alpha value is -2.76. The Balaban J connectivity index is 1.34. The Morgan fingerprint density at radius 2 is 1.96 bits per heavy atom. The van der Waals surface area contributed by atoms with Gasteiger partial charge >= 0.3 is 0 Å². The first-order chi connectivity index (χ1) is 13.7. The van der Waals surface area contributed by atoms with Crippen molar-refractivity contribution < 1.29 is 14.2 Å². The molecular weight excluding hydrogens is 355 g/mol. The molecule has 0 saturated heterocycles. The lowest BCUT2D eigenvalue weighted by Crippen LogP contribution is -2.38. The fraction of sp³-hybridized carbons (Fsp3) is 0.261. The quantitative estimate of drug-likeness (QED) is 0.711. The molecule has 0 amide bonds. The van der Waals surface area contributed by atoms with Crippen LogP contribution >= 0.6 is 0 Å². The van der Waals surface area contributed by atoms with Gasteiger partial charge in [-0.25, -0.2) is 4.39 Å². The van der Waals surface area contributed by atoms with Crippen molar-refractivity contribution in [3.8, 4) is 16.9 Å². The summed E-state index contributed by atoms with van der Waals surface area (Å²) in [4.78, 5) is 6.03. The molecule has 144 valence electrons. The first-order valence-electron chi connectivity index (χ1n) is 9.49. The molecule has 2 aromatic carbocycles. The van der Waals surface area contributed by atoms with Crippen LogP contribution in [0.15, 0.2) is 67.0 Å². The van der Waals surface area contributed by atoms with Crippen LogP contribution in [0.5, 0.6) is 5.75 Å². The van der Waals surface area contributed by atoms with Gasteiger partial charge in [0, 0.05) is 31.4 Å². The molecule has 28 heavy (non-hydrogen) atoms. The maximum Gasteiger partial charge on any atom is 0.149 e. The number of fused-ring (bicyclic) bond motifs is 1. The summed E-state index contributed by atoms with van der Waals surface area (Å²) in [6.45, 7) is 2.54. The molecule has 1 aliphatic heterocycles. The molecule has 4 rings (SSSR count). The highest BCUT2D eigenvalue weighted by Crippen LogP contribution is 2.26. The number of hydrogen-bond acceptors (Lipinski definition) is 4. The van der Waals surface area contributed by atoms with Crippen molar-refractivity contribution in [1.29, 1.82) is 0 Å². The normalized spacial score (nSPS) is 15.1. The number of pyridine rings is 1. The minimum atomic E-state index is -0.591. The zero-order valence-electron chi connectivity index (χ0n) is 15.6. The average Bonchev–Trinajstić information content (AvgIpc) is 2.73. The van der Waals surface area contributed by atoms with Crippen molar-refractivity contribution in [3.63, 3.8) is 0 Å². The molecule has 1 aromatic heterocycles. The summed E-state index contributed by atoms with van der Waals surface area (Å²) in [5, 5.41) is 10.4. The summed E-state index contributed by atoms with van der Waals surface area (Å²) in [5.74, 6) is 0.238. The Kier molecular flexibility index (Phi) is 5.65. The van der Waals surface area contributed by atoms with Gasteiger partial charge in [0.1, 0.15) is 24.3 Å².